The van der Waals surface area contributed by atoms with E-state index >= 15 is 0 Å². The molecule has 1 N–H and O–H groups in total. The number of fused-ring (bicyclic) bond motifs is 1. The highest BCUT2D eigenvalue weighted by Crippen LogP contribution is 2.45. The number of pyridine rings is 2. The van der Waals surface area contributed by atoms with Crippen LogP contribution in [0.2, 0.25) is 10.2 Å². The first-order chi connectivity index (χ1) is 13.7. The summed E-state index contributed by atoms with van der Waals surface area (Å²) in [5.41, 5.74) is -0.319. The highest BCUT2D eigenvalue weighted by Gasteiger charge is 2.36. The number of aromatic nitrogens is 2. The molecule has 4 nitrogen and oxygen atoms in total. The Morgan fingerprint density at radius 3 is 2.55 bits per heavy atom. The van der Waals surface area contributed by atoms with E-state index < -0.39 is 17.6 Å². The van der Waals surface area contributed by atoms with E-state index in [0.29, 0.717) is 11.3 Å². The van der Waals surface area contributed by atoms with Crippen molar-refractivity contribution < 1.29 is 18.0 Å². The van der Waals surface area contributed by atoms with Gasteiger partial charge in [0.05, 0.1) is 28.3 Å². The number of hydrogen-bond donors (Lipinski definition) is 1. The van der Waals surface area contributed by atoms with Gasteiger partial charge in [-0.25, -0.2) is 9.97 Å². The first-order valence-corrected chi connectivity index (χ1v) is 9.59. The molecule has 0 atom stereocenters. The maximum atomic E-state index is 13.6. The minimum Gasteiger partial charge on any atom is -0.345 e. The predicted molar refractivity (Wildman–Crippen MR) is 104 cm³/mol. The molecule has 2 aromatic heterocycles. The third kappa shape index (κ3) is 4.31. The number of benzene rings is 1. The summed E-state index contributed by atoms with van der Waals surface area (Å²) in [7, 11) is 0. The molecule has 0 aliphatic heterocycles. The van der Waals surface area contributed by atoms with E-state index in [-0.39, 0.29) is 39.2 Å². The Morgan fingerprint density at radius 2 is 1.90 bits per heavy atom. The predicted octanol–water partition coefficient (Wildman–Crippen LogP) is 5.76. The SMILES string of the molecule is O=C(NCc1cccc(Cl)n1)c1cc(Cl)c2cc(C3CC3)cc(C(F)(F)F)c2n1. The fourth-order valence-electron chi connectivity index (χ4n) is 3.10. The highest BCUT2D eigenvalue weighted by molar-refractivity contribution is 6.35. The molecule has 2 heterocycles. The molecule has 4 rings (SSSR count). The fourth-order valence-corrected chi connectivity index (χ4v) is 3.53. The molecule has 1 saturated carbocycles. The molecular weight excluding hydrogens is 426 g/mol. The van der Waals surface area contributed by atoms with Gasteiger partial charge in [-0.2, -0.15) is 13.2 Å². The molecule has 3 aromatic rings. The molecular formula is C20H14Cl2F3N3O. The van der Waals surface area contributed by atoms with Crippen molar-refractivity contribution in [3.05, 3.63) is 69.1 Å². The van der Waals surface area contributed by atoms with Crippen LogP contribution in [0.4, 0.5) is 13.2 Å². The van der Waals surface area contributed by atoms with E-state index in [1.165, 1.54) is 6.07 Å². The van der Waals surface area contributed by atoms with Gasteiger partial charge in [0.25, 0.3) is 5.91 Å². The van der Waals surface area contributed by atoms with E-state index in [2.05, 4.69) is 15.3 Å². The summed E-state index contributed by atoms with van der Waals surface area (Å²) in [5.74, 6) is -0.542. The van der Waals surface area contributed by atoms with Gasteiger partial charge >= 0.3 is 6.18 Å². The number of halogens is 5. The van der Waals surface area contributed by atoms with Crippen molar-refractivity contribution in [2.75, 3.05) is 0 Å². The monoisotopic (exact) mass is 439 g/mol. The maximum Gasteiger partial charge on any atom is 0.418 e. The second kappa shape index (κ2) is 7.46. The lowest BCUT2D eigenvalue weighted by Crippen LogP contribution is -2.24. The van der Waals surface area contributed by atoms with E-state index in [0.717, 1.165) is 18.9 Å². The van der Waals surface area contributed by atoms with Crippen molar-refractivity contribution in [2.24, 2.45) is 0 Å². The van der Waals surface area contributed by atoms with Crippen LogP contribution in [0, 0.1) is 0 Å². The second-order valence-corrected chi connectivity index (χ2v) is 7.65. The van der Waals surface area contributed by atoms with E-state index in [1.807, 2.05) is 0 Å². The topological polar surface area (TPSA) is 54.9 Å². The smallest absolute Gasteiger partial charge is 0.345 e. The van der Waals surface area contributed by atoms with Crippen LogP contribution >= 0.6 is 23.2 Å². The van der Waals surface area contributed by atoms with Crippen LogP contribution < -0.4 is 5.32 Å². The highest BCUT2D eigenvalue weighted by atomic mass is 35.5. The van der Waals surface area contributed by atoms with Gasteiger partial charge in [0.15, 0.2) is 0 Å². The average molecular weight is 440 g/mol. The zero-order valence-corrected chi connectivity index (χ0v) is 16.4. The Labute approximate surface area is 174 Å². The molecule has 1 amide bonds. The first-order valence-electron chi connectivity index (χ1n) is 8.83. The molecule has 9 heteroatoms. The van der Waals surface area contributed by atoms with Crippen molar-refractivity contribution in [3.63, 3.8) is 0 Å². The molecule has 0 bridgehead atoms. The van der Waals surface area contributed by atoms with Crippen molar-refractivity contribution in [2.45, 2.75) is 31.5 Å². The molecule has 0 spiro atoms. The molecule has 29 heavy (non-hydrogen) atoms. The number of nitrogens with zero attached hydrogens (tertiary/aromatic N) is 2. The van der Waals surface area contributed by atoms with Crippen molar-refractivity contribution >= 4 is 40.0 Å². The van der Waals surface area contributed by atoms with Gasteiger partial charge in [0.2, 0.25) is 0 Å². The number of nitrogens with one attached hydrogen (secondary N) is 1. The van der Waals surface area contributed by atoms with Crippen LogP contribution in [0.25, 0.3) is 10.9 Å². The maximum absolute atomic E-state index is 13.6. The Balaban J connectivity index is 1.70. The standard InChI is InChI=1S/C20H14Cl2F3N3O/c21-15-8-16(19(29)26-9-12-2-1-3-17(22)27-12)28-18-13(15)6-11(10-4-5-10)7-14(18)20(23,24)25/h1-3,6-8,10H,4-5,9H2,(H,26,29). The van der Waals surface area contributed by atoms with Crippen molar-refractivity contribution in [1.82, 2.24) is 15.3 Å². The molecule has 0 saturated heterocycles. The van der Waals surface area contributed by atoms with Gasteiger partial charge in [-0.3, -0.25) is 4.79 Å². The number of alkyl halides is 3. The summed E-state index contributed by atoms with van der Waals surface area (Å²) in [4.78, 5) is 20.5. The second-order valence-electron chi connectivity index (χ2n) is 6.86. The average Bonchev–Trinajstić information content (AvgIpc) is 3.50. The van der Waals surface area contributed by atoms with Crippen molar-refractivity contribution in [3.8, 4) is 0 Å². The Kier molecular flexibility index (Phi) is 5.12. The molecule has 1 fully saturated rings. The third-order valence-corrected chi connectivity index (χ3v) is 5.20. The van der Waals surface area contributed by atoms with Crippen LogP contribution in [0.5, 0.6) is 0 Å². The zero-order valence-electron chi connectivity index (χ0n) is 14.9. The quantitative estimate of drug-likeness (QED) is 0.525. The normalized spacial score (nSPS) is 14.2. The van der Waals surface area contributed by atoms with Gasteiger partial charge in [0, 0.05) is 5.39 Å². The van der Waals surface area contributed by atoms with Crippen LogP contribution in [0.1, 0.15) is 46.1 Å². The largest absolute Gasteiger partial charge is 0.418 e. The van der Waals surface area contributed by atoms with Gasteiger partial charge < -0.3 is 5.32 Å². The molecule has 1 aliphatic carbocycles. The number of carbonyl (C=O) groups is 1. The number of amides is 1. The summed E-state index contributed by atoms with van der Waals surface area (Å²) >= 11 is 12.0. The fraction of sp³-hybridized carbons (Fsp3) is 0.250. The Morgan fingerprint density at radius 1 is 1.14 bits per heavy atom. The summed E-state index contributed by atoms with van der Waals surface area (Å²) < 4.78 is 40.9. The number of hydrogen-bond acceptors (Lipinski definition) is 3. The number of rotatable bonds is 4. The molecule has 1 aromatic carbocycles. The Hall–Kier alpha value is -2.38. The van der Waals surface area contributed by atoms with E-state index in [1.54, 1.807) is 24.3 Å². The Bertz CT molecular complexity index is 1110. The lowest BCUT2D eigenvalue weighted by atomic mass is 10.0. The van der Waals surface area contributed by atoms with Crippen LogP contribution in [-0.4, -0.2) is 15.9 Å². The summed E-state index contributed by atoms with van der Waals surface area (Å²) in [6.07, 6.45) is -2.91. The summed E-state index contributed by atoms with van der Waals surface area (Å²) in [6, 6.07) is 8.95. The van der Waals surface area contributed by atoms with Crippen molar-refractivity contribution in [1.29, 1.82) is 0 Å². The van der Waals surface area contributed by atoms with Gasteiger partial charge in [0.1, 0.15) is 10.8 Å². The minimum absolute atomic E-state index is 0.0451. The first kappa shape index (κ1) is 19.9. The van der Waals surface area contributed by atoms with Crippen LogP contribution in [-0.2, 0) is 12.7 Å². The van der Waals surface area contributed by atoms with E-state index in [4.69, 9.17) is 23.2 Å². The lowest BCUT2D eigenvalue weighted by Gasteiger charge is -2.14. The van der Waals surface area contributed by atoms with Gasteiger partial charge in [-0.15, -0.1) is 0 Å². The molecule has 150 valence electrons. The third-order valence-electron chi connectivity index (χ3n) is 4.67. The van der Waals surface area contributed by atoms with Gasteiger partial charge in [-0.1, -0.05) is 29.3 Å². The summed E-state index contributed by atoms with van der Waals surface area (Å²) in [5, 5.41) is 3.08. The molecule has 1 aliphatic rings. The minimum atomic E-state index is -4.61. The molecule has 0 unspecified atom stereocenters. The lowest BCUT2D eigenvalue weighted by molar-refractivity contribution is -0.136. The number of carbonyl (C=O) groups excluding carboxylic acids is 1. The molecule has 0 radical (unpaired) electrons. The van der Waals surface area contributed by atoms with E-state index in [9.17, 15) is 18.0 Å². The van der Waals surface area contributed by atoms with Crippen LogP contribution in [0.15, 0.2) is 36.4 Å². The summed E-state index contributed by atoms with van der Waals surface area (Å²) in [6.45, 7) is 0.0451. The van der Waals surface area contributed by atoms with Gasteiger partial charge in [-0.05, 0) is 54.7 Å². The van der Waals surface area contributed by atoms with Crippen LogP contribution in [0.3, 0.4) is 0 Å². The zero-order chi connectivity index (χ0) is 20.8.